The number of methoxy groups -OCH3 is 1. The number of aromatic nitrogens is 1. The number of nitrogens with zero attached hydrogens (tertiary/aromatic N) is 2. The topological polar surface area (TPSA) is 58.5 Å². The van der Waals surface area contributed by atoms with Gasteiger partial charge in [-0.2, -0.15) is 0 Å². The zero-order chi connectivity index (χ0) is 16.7. The third-order valence-electron chi connectivity index (χ3n) is 3.29. The van der Waals surface area contributed by atoms with Gasteiger partial charge in [-0.05, 0) is 32.4 Å². The molecular formula is C17H25IN4OS. The normalized spacial score (nSPS) is 10.9. The first-order valence-electron chi connectivity index (χ1n) is 7.69. The summed E-state index contributed by atoms with van der Waals surface area (Å²) >= 11 is 1.69. The van der Waals surface area contributed by atoms with Gasteiger partial charge in [0.25, 0.3) is 0 Å². The standard InChI is InChI=1S/C17H24N4OS.HI/c1-5-18-17(21-11-15-10-19-13(3)23-15)20-9-14-7-6-12(2)8-16(14)22-4;/h6-8,10H,5,9,11H2,1-4H3,(H2,18,20,21);1H. The van der Waals surface area contributed by atoms with Gasteiger partial charge in [0.2, 0.25) is 0 Å². The molecule has 2 N–H and O–H groups in total. The molecule has 0 aliphatic rings. The van der Waals surface area contributed by atoms with Crippen molar-refractivity contribution in [2.45, 2.75) is 33.9 Å². The molecule has 0 saturated carbocycles. The van der Waals surface area contributed by atoms with E-state index in [4.69, 9.17) is 4.74 Å². The highest BCUT2D eigenvalue weighted by Gasteiger charge is 2.04. The highest BCUT2D eigenvalue weighted by molar-refractivity contribution is 14.0. The van der Waals surface area contributed by atoms with Crippen LogP contribution in [0.25, 0.3) is 0 Å². The Morgan fingerprint density at radius 1 is 1.29 bits per heavy atom. The molecule has 0 amide bonds. The number of nitrogens with one attached hydrogen (secondary N) is 2. The van der Waals surface area contributed by atoms with Crippen LogP contribution in [0, 0.1) is 13.8 Å². The average molecular weight is 460 g/mol. The Balaban J connectivity index is 0.00000288. The maximum absolute atomic E-state index is 5.43. The summed E-state index contributed by atoms with van der Waals surface area (Å²) in [5, 5.41) is 7.68. The van der Waals surface area contributed by atoms with Crippen molar-refractivity contribution < 1.29 is 4.74 Å². The van der Waals surface area contributed by atoms with E-state index in [2.05, 4.69) is 46.6 Å². The van der Waals surface area contributed by atoms with Crippen LogP contribution in [-0.2, 0) is 13.1 Å². The third kappa shape index (κ3) is 6.27. The second-order valence-electron chi connectivity index (χ2n) is 5.21. The van der Waals surface area contributed by atoms with Gasteiger partial charge < -0.3 is 15.4 Å². The molecule has 0 atom stereocenters. The SMILES string of the molecule is CCNC(=NCc1ccc(C)cc1OC)NCc1cnc(C)s1.I. The number of hydrogen-bond donors (Lipinski definition) is 2. The smallest absolute Gasteiger partial charge is 0.191 e. The van der Waals surface area contributed by atoms with Crippen LogP contribution in [0.1, 0.15) is 27.9 Å². The zero-order valence-electron chi connectivity index (χ0n) is 14.5. The van der Waals surface area contributed by atoms with Crippen molar-refractivity contribution in [2.24, 2.45) is 4.99 Å². The van der Waals surface area contributed by atoms with E-state index < -0.39 is 0 Å². The minimum Gasteiger partial charge on any atom is -0.496 e. The minimum absolute atomic E-state index is 0. The lowest BCUT2D eigenvalue weighted by Crippen LogP contribution is -2.36. The van der Waals surface area contributed by atoms with Crippen molar-refractivity contribution in [3.8, 4) is 5.75 Å². The van der Waals surface area contributed by atoms with Crippen molar-refractivity contribution in [1.29, 1.82) is 0 Å². The Morgan fingerprint density at radius 3 is 2.71 bits per heavy atom. The molecule has 0 spiro atoms. The molecule has 0 radical (unpaired) electrons. The molecule has 0 fully saturated rings. The first-order valence-corrected chi connectivity index (χ1v) is 8.51. The van der Waals surface area contributed by atoms with Gasteiger partial charge in [0.15, 0.2) is 5.96 Å². The monoisotopic (exact) mass is 460 g/mol. The van der Waals surface area contributed by atoms with Gasteiger partial charge in [-0.1, -0.05) is 12.1 Å². The minimum atomic E-state index is 0. The van der Waals surface area contributed by atoms with E-state index in [1.807, 2.05) is 19.2 Å². The van der Waals surface area contributed by atoms with Crippen LogP contribution in [0.2, 0.25) is 0 Å². The number of hydrogen-bond acceptors (Lipinski definition) is 4. The Morgan fingerprint density at radius 2 is 2.08 bits per heavy atom. The second-order valence-corrected chi connectivity index (χ2v) is 6.53. The number of aryl methyl sites for hydroxylation is 2. The average Bonchev–Trinajstić information content (AvgIpc) is 2.96. The van der Waals surface area contributed by atoms with Gasteiger partial charge in [-0.25, -0.2) is 9.98 Å². The summed E-state index contributed by atoms with van der Waals surface area (Å²) in [6, 6.07) is 6.17. The largest absolute Gasteiger partial charge is 0.496 e. The van der Waals surface area contributed by atoms with Crippen LogP contribution in [0.3, 0.4) is 0 Å². The van der Waals surface area contributed by atoms with Crippen molar-refractivity contribution in [3.05, 3.63) is 45.4 Å². The lowest BCUT2D eigenvalue weighted by molar-refractivity contribution is 0.409. The number of thiazole rings is 1. The molecule has 0 unspecified atom stereocenters. The molecule has 24 heavy (non-hydrogen) atoms. The molecule has 5 nitrogen and oxygen atoms in total. The highest BCUT2D eigenvalue weighted by Crippen LogP contribution is 2.20. The molecule has 7 heteroatoms. The van der Waals surface area contributed by atoms with Crippen LogP contribution < -0.4 is 15.4 Å². The van der Waals surface area contributed by atoms with E-state index in [1.165, 1.54) is 10.4 Å². The fourth-order valence-electron chi connectivity index (χ4n) is 2.15. The first kappa shape index (κ1) is 20.7. The molecule has 0 bridgehead atoms. The summed E-state index contributed by atoms with van der Waals surface area (Å²) in [4.78, 5) is 10.1. The van der Waals surface area contributed by atoms with Gasteiger partial charge in [-0.3, -0.25) is 0 Å². The summed E-state index contributed by atoms with van der Waals surface area (Å²) in [6.07, 6.45) is 1.90. The maximum Gasteiger partial charge on any atom is 0.191 e. The van der Waals surface area contributed by atoms with Crippen LogP contribution in [0.15, 0.2) is 29.4 Å². The van der Waals surface area contributed by atoms with E-state index in [0.29, 0.717) is 6.54 Å². The van der Waals surface area contributed by atoms with Crippen molar-refractivity contribution in [3.63, 3.8) is 0 Å². The summed E-state index contributed by atoms with van der Waals surface area (Å²) < 4.78 is 5.43. The Kier molecular flexibility index (Phi) is 9.05. The third-order valence-corrected chi connectivity index (χ3v) is 4.21. The second kappa shape index (κ2) is 10.5. The number of guanidine groups is 1. The first-order chi connectivity index (χ1) is 11.1. The van der Waals surface area contributed by atoms with E-state index in [9.17, 15) is 0 Å². The quantitative estimate of drug-likeness (QED) is 0.393. The van der Waals surface area contributed by atoms with E-state index in [0.717, 1.165) is 35.4 Å². The van der Waals surface area contributed by atoms with Gasteiger partial charge in [0.05, 0.1) is 25.2 Å². The van der Waals surface area contributed by atoms with Crippen LogP contribution >= 0.6 is 35.3 Å². The van der Waals surface area contributed by atoms with Crippen molar-refractivity contribution in [2.75, 3.05) is 13.7 Å². The molecule has 1 heterocycles. The van der Waals surface area contributed by atoms with Crippen molar-refractivity contribution >= 4 is 41.3 Å². The fraction of sp³-hybridized carbons (Fsp3) is 0.412. The number of ether oxygens (including phenoxy) is 1. The van der Waals surface area contributed by atoms with Crippen molar-refractivity contribution in [1.82, 2.24) is 15.6 Å². The Hall–Kier alpha value is -1.35. The number of aliphatic imine (C=N–C) groups is 1. The van der Waals surface area contributed by atoms with E-state index in [1.54, 1.807) is 18.4 Å². The summed E-state index contributed by atoms with van der Waals surface area (Å²) in [5.74, 6) is 1.67. The molecular weight excluding hydrogens is 435 g/mol. The van der Waals surface area contributed by atoms with E-state index in [-0.39, 0.29) is 24.0 Å². The van der Waals surface area contributed by atoms with Crippen LogP contribution in [0.4, 0.5) is 0 Å². The summed E-state index contributed by atoms with van der Waals surface area (Å²) in [6.45, 7) is 8.23. The maximum atomic E-state index is 5.43. The number of rotatable bonds is 6. The van der Waals surface area contributed by atoms with Gasteiger partial charge >= 0.3 is 0 Å². The predicted molar refractivity (Wildman–Crippen MR) is 112 cm³/mol. The van der Waals surface area contributed by atoms with Gasteiger partial charge in [-0.15, -0.1) is 35.3 Å². The van der Waals surface area contributed by atoms with E-state index >= 15 is 0 Å². The lowest BCUT2D eigenvalue weighted by Gasteiger charge is -2.12. The Labute approximate surface area is 165 Å². The molecule has 0 aliphatic carbocycles. The highest BCUT2D eigenvalue weighted by atomic mass is 127. The Bertz CT molecular complexity index is 672. The lowest BCUT2D eigenvalue weighted by atomic mass is 10.1. The molecule has 2 aromatic rings. The molecule has 1 aromatic heterocycles. The fourth-order valence-corrected chi connectivity index (χ4v) is 2.88. The van der Waals surface area contributed by atoms with Gasteiger partial charge in [0.1, 0.15) is 5.75 Å². The molecule has 132 valence electrons. The molecule has 0 aliphatic heterocycles. The zero-order valence-corrected chi connectivity index (χ0v) is 17.7. The number of benzene rings is 1. The van der Waals surface area contributed by atoms with Crippen LogP contribution in [-0.4, -0.2) is 24.6 Å². The molecule has 0 saturated heterocycles. The summed E-state index contributed by atoms with van der Waals surface area (Å²) in [7, 11) is 1.69. The van der Waals surface area contributed by atoms with Gasteiger partial charge in [0, 0.05) is 23.2 Å². The molecule has 2 rings (SSSR count). The van der Waals surface area contributed by atoms with Crippen LogP contribution in [0.5, 0.6) is 5.75 Å². The summed E-state index contributed by atoms with van der Waals surface area (Å²) in [5.41, 5.74) is 2.25. The predicted octanol–water partition coefficient (Wildman–Crippen LogP) is 3.64. The number of halogens is 1. The molecule has 1 aromatic carbocycles.